The number of aliphatic hydroxyl groups excluding tert-OH is 1. The summed E-state index contributed by atoms with van der Waals surface area (Å²) in [6, 6.07) is 12.9. The average Bonchev–Trinajstić information content (AvgIpc) is 2.49. The minimum absolute atomic E-state index is 0.124. The van der Waals surface area contributed by atoms with Crippen molar-refractivity contribution in [2.24, 2.45) is 0 Å². The molecular weight excluding hydrogens is 252 g/mol. The molecule has 20 heavy (non-hydrogen) atoms. The van der Waals surface area contributed by atoms with Crippen molar-refractivity contribution in [1.82, 2.24) is 4.98 Å². The number of nitrogens with zero attached hydrogens (tertiary/aromatic N) is 1. The average molecular weight is 268 g/mol. The molecule has 1 amide bonds. The van der Waals surface area contributed by atoms with Crippen LogP contribution in [0.15, 0.2) is 54.7 Å². The normalized spacial score (nSPS) is 10.7. The molecule has 4 heteroatoms. The zero-order valence-electron chi connectivity index (χ0n) is 11.0. The van der Waals surface area contributed by atoms with E-state index < -0.39 is 0 Å². The van der Waals surface area contributed by atoms with E-state index >= 15 is 0 Å². The van der Waals surface area contributed by atoms with Gasteiger partial charge in [-0.3, -0.25) is 9.78 Å². The van der Waals surface area contributed by atoms with Gasteiger partial charge in [-0.25, -0.2) is 0 Å². The molecule has 0 atom stereocenters. The van der Waals surface area contributed by atoms with Crippen molar-refractivity contribution in [3.05, 3.63) is 66.0 Å². The van der Waals surface area contributed by atoms with Crippen molar-refractivity contribution in [3.8, 4) is 0 Å². The van der Waals surface area contributed by atoms with Crippen LogP contribution in [0.25, 0.3) is 6.08 Å². The van der Waals surface area contributed by atoms with Crippen molar-refractivity contribution in [1.29, 1.82) is 0 Å². The van der Waals surface area contributed by atoms with Crippen molar-refractivity contribution >= 4 is 17.7 Å². The Balaban J connectivity index is 1.92. The van der Waals surface area contributed by atoms with Crippen LogP contribution in [0.3, 0.4) is 0 Å². The smallest absolute Gasteiger partial charge is 0.248 e. The standard InChI is InChI=1S/C16H16N2O2/c19-12-10-13-4-6-15(7-5-13)18-16(20)9-8-14-3-1-2-11-17-14/h1-9,11,19H,10,12H2,(H,18,20)/b9-8+. The first-order chi connectivity index (χ1) is 9.78. The summed E-state index contributed by atoms with van der Waals surface area (Å²) in [5.74, 6) is -0.203. The summed E-state index contributed by atoms with van der Waals surface area (Å²) in [7, 11) is 0. The zero-order valence-corrected chi connectivity index (χ0v) is 11.0. The Morgan fingerprint density at radius 2 is 2.00 bits per heavy atom. The van der Waals surface area contributed by atoms with Gasteiger partial charge in [-0.05, 0) is 42.3 Å². The van der Waals surface area contributed by atoms with Gasteiger partial charge in [0.25, 0.3) is 0 Å². The van der Waals surface area contributed by atoms with E-state index in [0.717, 1.165) is 16.9 Å². The molecule has 0 spiro atoms. The summed E-state index contributed by atoms with van der Waals surface area (Å²) >= 11 is 0. The van der Waals surface area contributed by atoms with E-state index in [2.05, 4.69) is 10.3 Å². The van der Waals surface area contributed by atoms with E-state index in [1.54, 1.807) is 12.3 Å². The number of amides is 1. The third-order valence-electron chi connectivity index (χ3n) is 2.72. The van der Waals surface area contributed by atoms with E-state index in [9.17, 15) is 4.79 Å². The molecule has 0 aliphatic rings. The van der Waals surface area contributed by atoms with E-state index in [-0.39, 0.29) is 12.5 Å². The van der Waals surface area contributed by atoms with Gasteiger partial charge in [-0.1, -0.05) is 18.2 Å². The van der Waals surface area contributed by atoms with Crippen LogP contribution in [0.4, 0.5) is 5.69 Å². The van der Waals surface area contributed by atoms with Gasteiger partial charge in [0.05, 0.1) is 5.69 Å². The van der Waals surface area contributed by atoms with E-state index in [1.165, 1.54) is 6.08 Å². The number of nitrogens with one attached hydrogen (secondary N) is 1. The molecule has 0 aliphatic heterocycles. The summed E-state index contributed by atoms with van der Waals surface area (Å²) in [5, 5.41) is 11.6. The number of aliphatic hydroxyl groups is 1. The molecule has 4 nitrogen and oxygen atoms in total. The molecular formula is C16H16N2O2. The van der Waals surface area contributed by atoms with Gasteiger partial charge in [0.2, 0.25) is 5.91 Å². The quantitative estimate of drug-likeness (QED) is 0.818. The Hall–Kier alpha value is -2.46. The van der Waals surface area contributed by atoms with Crippen molar-refractivity contribution in [2.75, 3.05) is 11.9 Å². The number of rotatable bonds is 5. The topological polar surface area (TPSA) is 62.2 Å². The summed E-state index contributed by atoms with van der Waals surface area (Å²) in [5.41, 5.74) is 2.50. The monoisotopic (exact) mass is 268 g/mol. The number of carbonyl (C=O) groups is 1. The first-order valence-corrected chi connectivity index (χ1v) is 6.38. The third kappa shape index (κ3) is 4.33. The first-order valence-electron chi connectivity index (χ1n) is 6.38. The van der Waals surface area contributed by atoms with Crippen LogP contribution in [-0.4, -0.2) is 22.6 Å². The van der Waals surface area contributed by atoms with Gasteiger partial charge in [-0.2, -0.15) is 0 Å². The predicted octanol–water partition coefficient (Wildman–Crippen LogP) is 2.27. The predicted molar refractivity (Wildman–Crippen MR) is 79.1 cm³/mol. The van der Waals surface area contributed by atoms with Gasteiger partial charge in [0.15, 0.2) is 0 Å². The zero-order chi connectivity index (χ0) is 14.2. The fraction of sp³-hybridized carbons (Fsp3) is 0.125. The highest BCUT2D eigenvalue weighted by atomic mass is 16.2. The maximum absolute atomic E-state index is 11.7. The highest BCUT2D eigenvalue weighted by Gasteiger charge is 1.98. The maximum Gasteiger partial charge on any atom is 0.248 e. The van der Waals surface area contributed by atoms with Crippen LogP contribution in [0.2, 0.25) is 0 Å². The Labute approximate surface area is 117 Å². The van der Waals surface area contributed by atoms with E-state index in [0.29, 0.717) is 6.42 Å². The molecule has 1 aromatic heterocycles. The Morgan fingerprint density at radius 3 is 2.65 bits per heavy atom. The Morgan fingerprint density at radius 1 is 1.20 bits per heavy atom. The number of benzene rings is 1. The van der Waals surface area contributed by atoms with Gasteiger partial charge >= 0.3 is 0 Å². The molecule has 1 aromatic carbocycles. The van der Waals surface area contributed by atoms with Gasteiger partial charge in [0, 0.05) is 24.6 Å². The first kappa shape index (κ1) is 14.0. The van der Waals surface area contributed by atoms with Crippen molar-refractivity contribution in [2.45, 2.75) is 6.42 Å². The lowest BCUT2D eigenvalue weighted by Crippen LogP contribution is -2.07. The Bertz CT molecular complexity index is 577. The molecule has 0 saturated heterocycles. The third-order valence-corrected chi connectivity index (χ3v) is 2.72. The summed E-state index contributed by atoms with van der Waals surface area (Å²) in [6.45, 7) is 0.124. The molecule has 102 valence electrons. The molecule has 0 unspecified atom stereocenters. The lowest BCUT2D eigenvalue weighted by molar-refractivity contribution is -0.111. The second-order valence-electron chi connectivity index (χ2n) is 4.25. The minimum Gasteiger partial charge on any atom is -0.396 e. The fourth-order valence-electron chi connectivity index (χ4n) is 1.70. The van der Waals surface area contributed by atoms with Crippen LogP contribution >= 0.6 is 0 Å². The molecule has 0 radical (unpaired) electrons. The minimum atomic E-state index is -0.203. The van der Waals surface area contributed by atoms with Crippen LogP contribution < -0.4 is 5.32 Å². The molecule has 2 rings (SSSR count). The molecule has 0 fully saturated rings. The number of anilines is 1. The number of hydrogen-bond donors (Lipinski definition) is 2. The highest BCUT2D eigenvalue weighted by Crippen LogP contribution is 2.10. The second-order valence-corrected chi connectivity index (χ2v) is 4.25. The SMILES string of the molecule is O=C(/C=C/c1ccccn1)Nc1ccc(CCO)cc1. The molecule has 0 bridgehead atoms. The van der Waals surface area contributed by atoms with Gasteiger partial charge in [0.1, 0.15) is 0 Å². The highest BCUT2D eigenvalue weighted by molar-refractivity contribution is 6.01. The lowest BCUT2D eigenvalue weighted by atomic mass is 10.1. The maximum atomic E-state index is 11.7. The summed E-state index contributed by atoms with van der Waals surface area (Å²) in [6.07, 6.45) is 5.41. The van der Waals surface area contributed by atoms with Crippen LogP contribution in [0.5, 0.6) is 0 Å². The number of pyridine rings is 1. The Kier molecular flexibility index (Phi) is 5.03. The molecule has 0 saturated carbocycles. The van der Waals surface area contributed by atoms with E-state index in [4.69, 9.17) is 5.11 Å². The van der Waals surface area contributed by atoms with Crippen molar-refractivity contribution in [3.63, 3.8) is 0 Å². The summed E-state index contributed by atoms with van der Waals surface area (Å²) in [4.78, 5) is 15.8. The molecule has 2 N–H and O–H groups in total. The van der Waals surface area contributed by atoms with E-state index in [1.807, 2.05) is 42.5 Å². The van der Waals surface area contributed by atoms with Crippen LogP contribution in [0, 0.1) is 0 Å². The van der Waals surface area contributed by atoms with Crippen LogP contribution in [0.1, 0.15) is 11.3 Å². The molecule has 1 heterocycles. The largest absolute Gasteiger partial charge is 0.396 e. The van der Waals surface area contributed by atoms with Crippen molar-refractivity contribution < 1.29 is 9.90 Å². The molecule has 2 aromatic rings. The van der Waals surface area contributed by atoms with Gasteiger partial charge in [-0.15, -0.1) is 0 Å². The second kappa shape index (κ2) is 7.21. The lowest BCUT2D eigenvalue weighted by Gasteiger charge is -2.03. The van der Waals surface area contributed by atoms with Crippen LogP contribution in [-0.2, 0) is 11.2 Å². The fourth-order valence-corrected chi connectivity index (χ4v) is 1.70. The summed E-state index contributed by atoms with van der Waals surface area (Å²) < 4.78 is 0. The number of aromatic nitrogens is 1. The number of carbonyl (C=O) groups excluding carboxylic acids is 1. The number of hydrogen-bond acceptors (Lipinski definition) is 3. The molecule has 0 aliphatic carbocycles. The van der Waals surface area contributed by atoms with Gasteiger partial charge < -0.3 is 10.4 Å².